The van der Waals surface area contributed by atoms with Crippen LogP contribution in [0.15, 0.2) is 84.3 Å². The number of hydrogen-bond acceptors (Lipinski definition) is 7. The van der Waals surface area contributed by atoms with Gasteiger partial charge in [-0.3, -0.25) is 19.1 Å². The molecule has 2 heterocycles. The van der Waals surface area contributed by atoms with Crippen molar-refractivity contribution >= 4 is 29.1 Å². The molecule has 0 aliphatic heterocycles. The minimum atomic E-state index is -0.245. The van der Waals surface area contributed by atoms with Crippen LogP contribution in [-0.4, -0.2) is 50.9 Å². The van der Waals surface area contributed by atoms with Crippen molar-refractivity contribution in [2.45, 2.75) is 11.7 Å². The standard InChI is InChI=1S/C25H23N5O3S/c1-33-16-15-30-24(19-11-13-26-14-12-19)28-29-25(30)34-17-22(31)27-21-10-6-5-9-20(21)23(32)18-7-3-2-4-8-18/h2-14H,15-17H2,1H3,(H,27,31). The number of pyridine rings is 1. The molecular weight excluding hydrogens is 450 g/mol. The van der Waals surface area contributed by atoms with Gasteiger partial charge < -0.3 is 10.1 Å². The van der Waals surface area contributed by atoms with E-state index in [0.29, 0.717) is 40.9 Å². The number of methoxy groups -OCH3 is 1. The molecule has 0 bridgehead atoms. The highest BCUT2D eigenvalue weighted by atomic mass is 32.2. The van der Waals surface area contributed by atoms with Crippen LogP contribution in [0.3, 0.4) is 0 Å². The Kier molecular flexibility index (Phi) is 7.79. The van der Waals surface area contributed by atoms with Crippen LogP contribution >= 0.6 is 11.8 Å². The van der Waals surface area contributed by atoms with E-state index in [0.717, 1.165) is 5.56 Å². The molecule has 1 N–H and O–H groups in total. The third kappa shape index (κ3) is 5.56. The van der Waals surface area contributed by atoms with Crippen LogP contribution in [0, 0.1) is 0 Å². The molecule has 0 fully saturated rings. The van der Waals surface area contributed by atoms with E-state index in [4.69, 9.17) is 4.74 Å². The van der Waals surface area contributed by atoms with Gasteiger partial charge in [0, 0.05) is 36.2 Å². The van der Waals surface area contributed by atoms with Gasteiger partial charge in [-0.25, -0.2) is 0 Å². The number of ether oxygens (including phenoxy) is 1. The maximum Gasteiger partial charge on any atom is 0.234 e. The minimum Gasteiger partial charge on any atom is -0.383 e. The van der Waals surface area contributed by atoms with Gasteiger partial charge in [0.05, 0.1) is 24.6 Å². The molecule has 0 radical (unpaired) electrons. The summed E-state index contributed by atoms with van der Waals surface area (Å²) in [5, 5.41) is 12.0. The third-order valence-electron chi connectivity index (χ3n) is 4.99. The quantitative estimate of drug-likeness (QED) is 0.275. The molecule has 0 aliphatic rings. The summed E-state index contributed by atoms with van der Waals surface area (Å²) in [7, 11) is 1.63. The second-order valence-electron chi connectivity index (χ2n) is 7.26. The zero-order chi connectivity index (χ0) is 23.8. The van der Waals surface area contributed by atoms with Crippen molar-refractivity contribution in [3.05, 3.63) is 90.3 Å². The summed E-state index contributed by atoms with van der Waals surface area (Å²) in [5.41, 5.74) is 2.35. The van der Waals surface area contributed by atoms with Gasteiger partial charge in [0.15, 0.2) is 16.8 Å². The molecule has 0 spiro atoms. The van der Waals surface area contributed by atoms with Crippen LogP contribution in [0.5, 0.6) is 0 Å². The van der Waals surface area contributed by atoms with E-state index in [2.05, 4.69) is 20.5 Å². The molecular formula is C25H23N5O3S. The summed E-state index contributed by atoms with van der Waals surface area (Å²) < 4.78 is 7.15. The number of aromatic nitrogens is 4. The summed E-state index contributed by atoms with van der Waals surface area (Å²) in [6.45, 7) is 1.02. The van der Waals surface area contributed by atoms with Gasteiger partial charge in [-0.1, -0.05) is 54.2 Å². The van der Waals surface area contributed by atoms with Gasteiger partial charge in [-0.2, -0.15) is 0 Å². The normalized spacial score (nSPS) is 10.7. The van der Waals surface area contributed by atoms with Crippen molar-refractivity contribution in [2.24, 2.45) is 0 Å². The zero-order valence-corrected chi connectivity index (χ0v) is 19.4. The van der Waals surface area contributed by atoms with E-state index in [1.165, 1.54) is 11.8 Å². The van der Waals surface area contributed by atoms with Crippen LogP contribution < -0.4 is 5.32 Å². The summed E-state index contributed by atoms with van der Waals surface area (Å²) in [6, 6.07) is 19.7. The van der Waals surface area contributed by atoms with Crippen LogP contribution in [0.1, 0.15) is 15.9 Å². The predicted octanol–water partition coefficient (Wildman–Crippen LogP) is 3.95. The number of benzene rings is 2. The van der Waals surface area contributed by atoms with Crippen molar-refractivity contribution in [1.82, 2.24) is 19.7 Å². The van der Waals surface area contributed by atoms with E-state index >= 15 is 0 Å². The average Bonchev–Trinajstić information content (AvgIpc) is 3.30. The molecule has 0 saturated heterocycles. The predicted molar refractivity (Wildman–Crippen MR) is 131 cm³/mol. The molecule has 172 valence electrons. The smallest absolute Gasteiger partial charge is 0.234 e. The Morgan fingerprint density at radius 3 is 2.47 bits per heavy atom. The SMILES string of the molecule is COCCn1c(SCC(=O)Nc2ccccc2C(=O)c2ccccc2)nnc1-c1ccncc1. The highest BCUT2D eigenvalue weighted by Crippen LogP contribution is 2.24. The average molecular weight is 474 g/mol. The van der Waals surface area contributed by atoms with Crippen molar-refractivity contribution in [2.75, 3.05) is 24.8 Å². The summed E-state index contributed by atoms with van der Waals surface area (Å²) in [4.78, 5) is 29.7. The van der Waals surface area contributed by atoms with Crippen molar-refractivity contribution < 1.29 is 14.3 Å². The third-order valence-corrected chi connectivity index (χ3v) is 5.96. The van der Waals surface area contributed by atoms with Crippen molar-refractivity contribution in [3.63, 3.8) is 0 Å². The van der Waals surface area contributed by atoms with E-state index in [1.54, 1.807) is 55.9 Å². The molecule has 0 atom stereocenters. The van der Waals surface area contributed by atoms with Crippen LogP contribution in [0.2, 0.25) is 0 Å². The number of carbonyl (C=O) groups is 2. The molecule has 0 aliphatic carbocycles. The minimum absolute atomic E-state index is 0.106. The van der Waals surface area contributed by atoms with Gasteiger partial charge in [-0.15, -0.1) is 10.2 Å². The lowest BCUT2D eigenvalue weighted by Gasteiger charge is -2.11. The first-order valence-corrected chi connectivity index (χ1v) is 11.6. The number of rotatable bonds is 10. The topological polar surface area (TPSA) is 99.0 Å². The maximum atomic E-state index is 12.9. The number of ketones is 1. The largest absolute Gasteiger partial charge is 0.383 e. The molecule has 4 aromatic rings. The Labute approximate surface area is 201 Å². The lowest BCUT2D eigenvalue weighted by Crippen LogP contribution is -2.17. The van der Waals surface area contributed by atoms with Gasteiger partial charge in [-0.05, 0) is 24.3 Å². The lowest BCUT2D eigenvalue weighted by atomic mass is 10.0. The molecule has 0 unspecified atom stereocenters. The van der Waals surface area contributed by atoms with Crippen LogP contribution in [0.4, 0.5) is 5.69 Å². The molecule has 0 saturated carbocycles. The van der Waals surface area contributed by atoms with E-state index in [1.807, 2.05) is 34.9 Å². The van der Waals surface area contributed by atoms with Crippen LogP contribution in [-0.2, 0) is 16.1 Å². The number of para-hydroxylation sites is 1. The summed E-state index contributed by atoms with van der Waals surface area (Å²) >= 11 is 1.27. The number of hydrogen-bond donors (Lipinski definition) is 1. The molecule has 34 heavy (non-hydrogen) atoms. The Morgan fingerprint density at radius 1 is 0.971 bits per heavy atom. The van der Waals surface area contributed by atoms with Gasteiger partial charge >= 0.3 is 0 Å². The number of carbonyl (C=O) groups excluding carboxylic acids is 2. The van der Waals surface area contributed by atoms with Crippen molar-refractivity contribution in [3.8, 4) is 11.4 Å². The lowest BCUT2D eigenvalue weighted by molar-refractivity contribution is -0.113. The fourth-order valence-electron chi connectivity index (χ4n) is 3.35. The van der Waals surface area contributed by atoms with Gasteiger partial charge in [0.25, 0.3) is 0 Å². The number of nitrogens with zero attached hydrogens (tertiary/aromatic N) is 4. The molecule has 9 heteroatoms. The van der Waals surface area contributed by atoms with Gasteiger partial charge in [0.2, 0.25) is 5.91 Å². The summed E-state index contributed by atoms with van der Waals surface area (Å²) in [5.74, 6) is 0.395. The Hall–Kier alpha value is -3.82. The molecule has 8 nitrogen and oxygen atoms in total. The molecule has 1 amide bonds. The highest BCUT2D eigenvalue weighted by molar-refractivity contribution is 7.99. The van der Waals surface area contributed by atoms with Crippen molar-refractivity contribution in [1.29, 1.82) is 0 Å². The number of anilines is 1. The first-order valence-electron chi connectivity index (χ1n) is 10.6. The van der Waals surface area contributed by atoms with Crippen LogP contribution in [0.25, 0.3) is 11.4 Å². The fourth-order valence-corrected chi connectivity index (χ4v) is 4.11. The van der Waals surface area contributed by atoms with Gasteiger partial charge in [0.1, 0.15) is 0 Å². The zero-order valence-electron chi connectivity index (χ0n) is 18.5. The van der Waals surface area contributed by atoms with E-state index < -0.39 is 0 Å². The monoisotopic (exact) mass is 473 g/mol. The molecule has 4 rings (SSSR count). The second-order valence-corrected chi connectivity index (χ2v) is 8.21. The second kappa shape index (κ2) is 11.4. The first kappa shape index (κ1) is 23.3. The van der Waals surface area contributed by atoms with E-state index in [-0.39, 0.29) is 17.4 Å². The van der Waals surface area contributed by atoms with E-state index in [9.17, 15) is 9.59 Å². The summed E-state index contributed by atoms with van der Waals surface area (Å²) in [6.07, 6.45) is 3.39. The Bertz CT molecular complexity index is 1260. The molecule has 2 aromatic carbocycles. The first-order chi connectivity index (χ1) is 16.7. The highest BCUT2D eigenvalue weighted by Gasteiger charge is 2.18. The molecule has 2 aromatic heterocycles. The number of amides is 1. The Morgan fingerprint density at radius 2 is 1.71 bits per heavy atom. The number of nitrogens with one attached hydrogen (secondary N) is 1. The fraction of sp³-hybridized carbons (Fsp3) is 0.160. The number of thioether (sulfide) groups is 1. The Balaban J connectivity index is 1.47. The maximum absolute atomic E-state index is 12.9.